The van der Waals surface area contributed by atoms with Crippen LogP contribution in [-0.2, 0) is 26.0 Å². The molecule has 0 radical (unpaired) electrons. The first kappa shape index (κ1) is 29.1. The molecule has 0 aliphatic carbocycles. The van der Waals surface area contributed by atoms with Gasteiger partial charge in [-0.1, -0.05) is 48.0 Å². The minimum absolute atomic E-state index is 0.00430. The van der Waals surface area contributed by atoms with Gasteiger partial charge in [-0.05, 0) is 61.7 Å². The van der Waals surface area contributed by atoms with Crippen LogP contribution in [0, 0.1) is 6.92 Å². The van der Waals surface area contributed by atoms with E-state index >= 15 is 0 Å². The molecule has 0 saturated carbocycles. The van der Waals surface area contributed by atoms with Gasteiger partial charge in [-0.25, -0.2) is 8.42 Å². The lowest BCUT2D eigenvalue weighted by molar-refractivity contribution is -0.118. The third-order valence-corrected chi connectivity index (χ3v) is 9.41. The summed E-state index contributed by atoms with van der Waals surface area (Å²) >= 11 is 0. The van der Waals surface area contributed by atoms with Crippen molar-refractivity contribution in [2.24, 2.45) is 0 Å². The highest BCUT2D eigenvalue weighted by Gasteiger charge is 2.49. The molecule has 2 saturated heterocycles. The summed E-state index contributed by atoms with van der Waals surface area (Å²) in [6.45, 7) is 0.473. The van der Waals surface area contributed by atoms with Gasteiger partial charge in [0.2, 0.25) is 15.9 Å². The zero-order valence-electron chi connectivity index (χ0n) is 22.7. The summed E-state index contributed by atoms with van der Waals surface area (Å²) in [5, 5.41) is 2.76. The molecule has 2 atom stereocenters. The fourth-order valence-corrected chi connectivity index (χ4v) is 7.11. The minimum atomic E-state index is -3.81. The number of sulfonamides is 1. The summed E-state index contributed by atoms with van der Waals surface area (Å²) in [5.74, 6) is -0.267. The number of carbonyl (C=O) groups excluding carboxylic acids is 1. The molecule has 1 amide bonds. The highest BCUT2D eigenvalue weighted by atomic mass is 32.2. The molecule has 2 heterocycles. The molecule has 0 aromatic heterocycles. The highest BCUT2D eigenvalue weighted by Crippen LogP contribution is 2.35. The van der Waals surface area contributed by atoms with E-state index in [-0.39, 0.29) is 42.3 Å². The maximum Gasteiger partial charge on any atom is 0.387 e. The van der Waals surface area contributed by atoms with Crippen LogP contribution < -0.4 is 10.1 Å². The van der Waals surface area contributed by atoms with Crippen LogP contribution in [0.4, 0.5) is 14.5 Å². The number of benzene rings is 3. The number of aryl methyl sites for hydroxylation is 1. The maximum atomic E-state index is 13.9. The first-order valence-corrected chi connectivity index (χ1v) is 14.9. The van der Waals surface area contributed by atoms with Crippen LogP contribution in [0.2, 0.25) is 0 Å². The van der Waals surface area contributed by atoms with E-state index in [9.17, 15) is 22.0 Å². The van der Waals surface area contributed by atoms with Crippen LogP contribution in [-0.4, -0.2) is 74.6 Å². The third kappa shape index (κ3) is 7.10. The van der Waals surface area contributed by atoms with Gasteiger partial charge < -0.3 is 14.8 Å². The SMILES string of the molecule is Cc1ccc(S(=O)(=O)N2C[C@@]3(CCN(CC(=O)Nc4ccc(OC(F)F)cc4)C3)OC[C@@H]2Cc2ccccc2)cc1. The predicted molar refractivity (Wildman–Crippen MR) is 150 cm³/mol. The van der Waals surface area contributed by atoms with E-state index in [4.69, 9.17) is 4.74 Å². The maximum absolute atomic E-state index is 13.9. The van der Waals surface area contributed by atoms with Crippen molar-refractivity contribution in [3.05, 3.63) is 90.0 Å². The number of halogens is 2. The number of carbonyl (C=O) groups is 1. The molecule has 1 N–H and O–H groups in total. The Bertz CT molecular complexity index is 1440. The standard InChI is InChI=1S/C30H33F2N3O5S/c1-22-7-13-27(14-8-22)41(37,38)35-21-30(39-19-25(35)17-23-5-3-2-4-6-23)15-16-34(20-30)18-28(36)33-24-9-11-26(12-10-24)40-29(31)32/h2-14,25,29H,15-21H2,1H3,(H,33,36)/t25-,30-/m0/s1. The molecule has 11 heteroatoms. The molecule has 41 heavy (non-hydrogen) atoms. The minimum Gasteiger partial charge on any atom is -0.435 e. The number of amides is 1. The van der Waals surface area contributed by atoms with Gasteiger partial charge in [-0.15, -0.1) is 0 Å². The number of nitrogens with one attached hydrogen (secondary N) is 1. The van der Waals surface area contributed by atoms with Crippen molar-refractivity contribution < 1.29 is 31.5 Å². The lowest BCUT2D eigenvalue weighted by Gasteiger charge is -2.44. The summed E-state index contributed by atoms with van der Waals surface area (Å²) in [4.78, 5) is 14.9. The molecule has 0 unspecified atom stereocenters. The number of anilines is 1. The van der Waals surface area contributed by atoms with Crippen molar-refractivity contribution in [1.82, 2.24) is 9.21 Å². The van der Waals surface area contributed by atoms with Crippen molar-refractivity contribution in [1.29, 1.82) is 0 Å². The van der Waals surface area contributed by atoms with Gasteiger partial charge in [0, 0.05) is 25.3 Å². The summed E-state index contributed by atoms with van der Waals surface area (Å²) in [7, 11) is -3.81. The second kappa shape index (κ2) is 12.2. The molecule has 2 aliphatic heterocycles. The Morgan fingerprint density at radius 3 is 2.44 bits per heavy atom. The van der Waals surface area contributed by atoms with Gasteiger partial charge in [0.1, 0.15) is 5.75 Å². The van der Waals surface area contributed by atoms with Crippen molar-refractivity contribution in [3.63, 3.8) is 0 Å². The summed E-state index contributed by atoms with van der Waals surface area (Å²) in [6, 6.07) is 22.0. The van der Waals surface area contributed by atoms with Crippen molar-refractivity contribution in [2.75, 3.05) is 38.1 Å². The fourth-order valence-electron chi connectivity index (χ4n) is 5.42. The van der Waals surface area contributed by atoms with E-state index in [0.29, 0.717) is 31.6 Å². The molecular weight excluding hydrogens is 552 g/mol. The monoisotopic (exact) mass is 585 g/mol. The molecule has 1 spiro atoms. The molecule has 218 valence electrons. The summed E-state index contributed by atoms with van der Waals surface area (Å²) in [6.07, 6.45) is 1.10. The Morgan fingerprint density at radius 1 is 1.05 bits per heavy atom. The van der Waals surface area contributed by atoms with Crippen LogP contribution in [0.1, 0.15) is 17.5 Å². The van der Waals surface area contributed by atoms with Crippen molar-refractivity contribution >= 4 is 21.6 Å². The van der Waals surface area contributed by atoms with Gasteiger partial charge in [-0.2, -0.15) is 13.1 Å². The number of hydrogen-bond acceptors (Lipinski definition) is 6. The number of hydrogen-bond donors (Lipinski definition) is 1. The molecule has 3 aromatic carbocycles. The quantitative estimate of drug-likeness (QED) is 0.403. The third-order valence-electron chi connectivity index (χ3n) is 7.50. The Kier molecular flexibility index (Phi) is 8.69. The molecule has 0 bridgehead atoms. The molecule has 3 aromatic rings. The van der Waals surface area contributed by atoms with E-state index < -0.39 is 22.2 Å². The van der Waals surface area contributed by atoms with E-state index in [0.717, 1.165) is 11.1 Å². The van der Waals surface area contributed by atoms with E-state index in [1.54, 1.807) is 28.6 Å². The summed E-state index contributed by atoms with van der Waals surface area (Å²) in [5.41, 5.74) is 1.73. The summed E-state index contributed by atoms with van der Waals surface area (Å²) < 4.78 is 64.9. The lowest BCUT2D eigenvalue weighted by Crippen LogP contribution is -2.59. The second-order valence-electron chi connectivity index (χ2n) is 10.6. The second-order valence-corrected chi connectivity index (χ2v) is 12.5. The van der Waals surface area contributed by atoms with E-state index in [1.165, 1.54) is 24.3 Å². The molecular formula is C30H33F2N3O5S. The van der Waals surface area contributed by atoms with Crippen LogP contribution in [0.15, 0.2) is 83.8 Å². The Morgan fingerprint density at radius 2 is 1.76 bits per heavy atom. The Balaban J connectivity index is 1.27. The normalized spacial score (nSPS) is 21.8. The molecule has 2 aliphatic rings. The topological polar surface area (TPSA) is 88.2 Å². The fraction of sp³-hybridized carbons (Fsp3) is 0.367. The number of likely N-dealkylation sites (tertiary alicyclic amines) is 1. The van der Waals surface area contributed by atoms with Crippen molar-refractivity contribution in [2.45, 2.75) is 42.9 Å². The Labute approximate surface area is 238 Å². The average Bonchev–Trinajstić information content (AvgIpc) is 3.32. The number of alkyl halides is 2. The van der Waals surface area contributed by atoms with Crippen molar-refractivity contribution in [3.8, 4) is 5.75 Å². The number of rotatable bonds is 9. The zero-order valence-corrected chi connectivity index (χ0v) is 23.5. The van der Waals surface area contributed by atoms with Gasteiger partial charge >= 0.3 is 6.61 Å². The van der Waals surface area contributed by atoms with Gasteiger partial charge in [0.05, 0.1) is 29.7 Å². The number of nitrogens with zero attached hydrogens (tertiary/aromatic N) is 2. The first-order chi connectivity index (χ1) is 19.6. The highest BCUT2D eigenvalue weighted by molar-refractivity contribution is 7.89. The molecule has 2 fully saturated rings. The lowest BCUT2D eigenvalue weighted by atomic mass is 9.98. The molecule has 5 rings (SSSR count). The van der Waals surface area contributed by atoms with Crippen LogP contribution in [0.3, 0.4) is 0 Å². The largest absolute Gasteiger partial charge is 0.435 e. The van der Waals surface area contributed by atoms with Crippen LogP contribution in [0.5, 0.6) is 5.75 Å². The van der Waals surface area contributed by atoms with Gasteiger partial charge in [-0.3, -0.25) is 9.69 Å². The average molecular weight is 586 g/mol. The zero-order chi connectivity index (χ0) is 29.0. The predicted octanol–water partition coefficient (Wildman–Crippen LogP) is 4.31. The van der Waals surface area contributed by atoms with E-state index in [1.807, 2.05) is 42.2 Å². The Hall–Kier alpha value is -3.38. The van der Waals surface area contributed by atoms with Crippen LogP contribution >= 0.6 is 0 Å². The van der Waals surface area contributed by atoms with E-state index in [2.05, 4.69) is 10.1 Å². The molecule has 8 nitrogen and oxygen atoms in total. The first-order valence-electron chi connectivity index (χ1n) is 13.5. The van der Waals surface area contributed by atoms with Gasteiger partial charge in [0.15, 0.2) is 0 Å². The number of morpholine rings is 1. The van der Waals surface area contributed by atoms with Gasteiger partial charge in [0.25, 0.3) is 0 Å². The number of ether oxygens (including phenoxy) is 2. The smallest absolute Gasteiger partial charge is 0.387 e. The van der Waals surface area contributed by atoms with Crippen LogP contribution in [0.25, 0.3) is 0 Å².